The molecule has 10 heteroatoms. The number of likely N-dealkylation sites (tertiary alicyclic amines) is 1. The van der Waals surface area contributed by atoms with Crippen LogP contribution in [0.2, 0.25) is 0 Å². The molecule has 0 aliphatic carbocycles. The molecular weight excluding hydrogens is 484 g/mol. The maximum absolute atomic E-state index is 13.5. The second-order valence-corrected chi connectivity index (χ2v) is 10.5. The third-order valence-electron chi connectivity index (χ3n) is 7.94. The zero-order valence-electron chi connectivity index (χ0n) is 22.4. The van der Waals surface area contributed by atoms with Crippen molar-refractivity contribution in [2.24, 2.45) is 0 Å². The summed E-state index contributed by atoms with van der Waals surface area (Å²) in [7, 11) is 2.11. The van der Waals surface area contributed by atoms with Gasteiger partial charge in [0.25, 0.3) is 5.91 Å². The van der Waals surface area contributed by atoms with Crippen molar-refractivity contribution in [2.45, 2.75) is 51.9 Å². The Balaban J connectivity index is 1.43. The molecule has 38 heavy (non-hydrogen) atoms. The van der Waals surface area contributed by atoms with Crippen LogP contribution in [0.4, 0.5) is 5.82 Å². The first-order valence-electron chi connectivity index (χ1n) is 13.2. The molecule has 2 unspecified atom stereocenters. The fourth-order valence-corrected chi connectivity index (χ4v) is 5.63. The van der Waals surface area contributed by atoms with E-state index in [1.165, 1.54) is 12.1 Å². The van der Waals surface area contributed by atoms with E-state index in [1.54, 1.807) is 21.9 Å². The zero-order chi connectivity index (χ0) is 27.0. The SMILES string of the molecule is C=CC(=O)N1CCN(c2nc(OCC3CCCN3C)nc3c2CN(C(=O)c2cc(O)ccc2C)C3)C(C)C1. The van der Waals surface area contributed by atoms with E-state index in [-0.39, 0.29) is 23.6 Å². The summed E-state index contributed by atoms with van der Waals surface area (Å²) in [6.07, 6.45) is 3.58. The maximum atomic E-state index is 13.5. The predicted octanol–water partition coefficient (Wildman–Crippen LogP) is 2.34. The summed E-state index contributed by atoms with van der Waals surface area (Å²) in [5.74, 6) is 0.578. The molecule has 0 bridgehead atoms. The summed E-state index contributed by atoms with van der Waals surface area (Å²) in [4.78, 5) is 43.3. The van der Waals surface area contributed by atoms with Gasteiger partial charge in [0.05, 0.1) is 18.8 Å². The normalized spacial score (nSPS) is 21.5. The van der Waals surface area contributed by atoms with Crippen LogP contribution < -0.4 is 9.64 Å². The van der Waals surface area contributed by atoms with Gasteiger partial charge >= 0.3 is 6.01 Å². The van der Waals surface area contributed by atoms with Gasteiger partial charge in [-0.15, -0.1) is 0 Å². The highest BCUT2D eigenvalue weighted by molar-refractivity contribution is 5.96. The number of aromatic hydroxyl groups is 1. The van der Waals surface area contributed by atoms with Crippen LogP contribution in [0.25, 0.3) is 0 Å². The predicted molar refractivity (Wildman–Crippen MR) is 143 cm³/mol. The average molecular weight is 521 g/mol. The fraction of sp³-hybridized carbons (Fsp3) is 0.500. The van der Waals surface area contributed by atoms with Crippen LogP contribution >= 0.6 is 0 Å². The molecule has 5 rings (SSSR count). The van der Waals surface area contributed by atoms with Gasteiger partial charge < -0.3 is 29.4 Å². The van der Waals surface area contributed by atoms with Crippen molar-refractivity contribution in [3.8, 4) is 11.8 Å². The summed E-state index contributed by atoms with van der Waals surface area (Å²) in [6, 6.07) is 5.50. The van der Waals surface area contributed by atoms with Crippen LogP contribution in [0.15, 0.2) is 30.9 Å². The van der Waals surface area contributed by atoms with E-state index < -0.39 is 0 Å². The Bertz CT molecular complexity index is 1250. The second kappa shape index (κ2) is 10.6. The largest absolute Gasteiger partial charge is 0.508 e. The molecule has 2 atom stereocenters. The number of aromatic nitrogens is 2. The number of rotatable bonds is 6. The summed E-state index contributed by atoms with van der Waals surface area (Å²) in [5.41, 5.74) is 2.94. The Kier molecular flexibility index (Phi) is 7.25. The monoisotopic (exact) mass is 520 g/mol. The molecule has 1 N–H and O–H groups in total. The molecule has 10 nitrogen and oxygen atoms in total. The van der Waals surface area contributed by atoms with Crippen LogP contribution in [0.3, 0.4) is 0 Å². The van der Waals surface area contributed by atoms with E-state index in [0.29, 0.717) is 56.9 Å². The zero-order valence-corrected chi connectivity index (χ0v) is 22.4. The van der Waals surface area contributed by atoms with E-state index in [2.05, 4.69) is 30.4 Å². The van der Waals surface area contributed by atoms with Gasteiger partial charge in [-0.05, 0) is 64.1 Å². The van der Waals surface area contributed by atoms with E-state index in [0.717, 1.165) is 42.0 Å². The molecule has 0 spiro atoms. The second-order valence-electron chi connectivity index (χ2n) is 10.5. The number of anilines is 1. The number of carbonyl (C=O) groups excluding carboxylic acids is 2. The van der Waals surface area contributed by atoms with Crippen molar-refractivity contribution < 1.29 is 19.4 Å². The number of hydrogen-bond donors (Lipinski definition) is 1. The van der Waals surface area contributed by atoms with Gasteiger partial charge in [-0.1, -0.05) is 12.6 Å². The van der Waals surface area contributed by atoms with Crippen molar-refractivity contribution in [3.05, 3.63) is 53.2 Å². The molecule has 0 saturated carbocycles. The standard InChI is InChI=1S/C28H36N6O4/c1-5-25(36)32-11-12-34(19(3)14-32)26-23-15-33(27(37)22-13-21(35)9-8-18(22)2)16-24(23)29-28(30-26)38-17-20-7-6-10-31(20)4/h5,8-9,13,19-20,35H,1,6-7,10-12,14-17H2,2-4H3. The number of phenols is 1. The molecule has 0 radical (unpaired) electrons. The molecular formula is C28H36N6O4. The number of carbonyl (C=O) groups is 2. The quantitative estimate of drug-likeness (QED) is 0.579. The third kappa shape index (κ3) is 5.05. The first-order chi connectivity index (χ1) is 18.2. The van der Waals surface area contributed by atoms with Gasteiger partial charge in [0.2, 0.25) is 5.91 Å². The van der Waals surface area contributed by atoms with Gasteiger partial charge in [0, 0.05) is 42.8 Å². The number of ether oxygens (including phenoxy) is 1. The van der Waals surface area contributed by atoms with Crippen molar-refractivity contribution in [1.29, 1.82) is 0 Å². The van der Waals surface area contributed by atoms with E-state index >= 15 is 0 Å². The average Bonchev–Trinajstić information content (AvgIpc) is 3.53. The van der Waals surface area contributed by atoms with Crippen molar-refractivity contribution >= 4 is 17.6 Å². The lowest BCUT2D eigenvalue weighted by atomic mass is 10.1. The van der Waals surface area contributed by atoms with Gasteiger partial charge in [-0.25, -0.2) is 0 Å². The van der Waals surface area contributed by atoms with Gasteiger partial charge in [0.1, 0.15) is 18.2 Å². The summed E-state index contributed by atoms with van der Waals surface area (Å²) >= 11 is 0. The molecule has 2 amide bonds. The molecule has 202 valence electrons. The number of likely N-dealkylation sites (N-methyl/N-ethyl adjacent to an activating group) is 1. The number of hydrogen-bond acceptors (Lipinski definition) is 8. The van der Waals surface area contributed by atoms with Gasteiger partial charge in [-0.2, -0.15) is 9.97 Å². The maximum Gasteiger partial charge on any atom is 0.318 e. The molecule has 4 heterocycles. The molecule has 1 aromatic carbocycles. The molecule has 2 aromatic rings. The highest BCUT2D eigenvalue weighted by Gasteiger charge is 2.35. The van der Waals surface area contributed by atoms with Crippen molar-refractivity contribution in [3.63, 3.8) is 0 Å². The Morgan fingerprint density at radius 3 is 2.71 bits per heavy atom. The van der Waals surface area contributed by atoms with Crippen LogP contribution in [-0.4, -0.2) is 93.5 Å². The minimum Gasteiger partial charge on any atom is -0.508 e. The van der Waals surface area contributed by atoms with Gasteiger partial charge in [-0.3, -0.25) is 9.59 Å². The van der Waals surface area contributed by atoms with Crippen molar-refractivity contribution in [2.75, 3.05) is 44.7 Å². The number of phenolic OH excluding ortho intramolecular Hbond substituents is 1. The Morgan fingerprint density at radius 2 is 2.00 bits per heavy atom. The number of fused-ring (bicyclic) bond motifs is 1. The molecule has 2 fully saturated rings. The Morgan fingerprint density at radius 1 is 1.18 bits per heavy atom. The summed E-state index contributed by atoms with van der Waals surface area (Å²) in [5, 5.41) is 9.97. The number of amides is 2. The fourth-order valence-electron chi connectivity index (χ4n) is 5.63. The third-order valence-corrected chi connectivity index (χ3v) is 7.94. The molecule has 2 saturated heterocycles. The first kappa shape index (κ1) is 26.0. The smallest absolute Gasteiger partial charge is 0.318 e. The summed E-state index contributed by atoms with van der Waals surface area (Å²) in [6.45, 7) is 11.5. The summed E-state index contributed by atoms with van der Waals surface area (Å²) < 4.78 is 6.14. The Labute approximate surface area is 223 Å². The lowest BCUT2D eigenvalue weighted by Crippen LogP contribution is -2.54. The first-order valence-corrected chi connectivity index (χ1v) is 13.2. The van der Waals surface area contributed by atoms with E-state index in [4.69, 9.17) is 14.7 Å². The lowest BCUT2D eigenvalue weighted by molar-refractivity contribution is -0.126. The van der Waals surface area contributed by atoms with Crippen LogP contribution in [0.1, 0.15) is 46.9 Å². The van der Waals surface area contributed by atoms with E-state index in [1.807, 2.05) is 6.92 Å². The van der Waals surface area contributed by atoms with E-state index in [9.17, 15) is 14.7 Å². The molecule has 3 aliphatic rings. The number of piperazine rings is 1. The highest BCUT2D eigenvalue weighted by Crippen LogP contribution is 2.34. The molecule has 1 aromatic heterocycles. The highest BCUT2D eigenvalue weighted by atomic mass is 16.5. The number of benzene rings is 1. The minimum atomic E-state index is -0.160. The molecule has 3 aliphatic heterocycles. The Hall–Kier alpha value is -3.66. The minimum absolute atomic E-state index is 0.0125. The van der Waals surface area contributed by atoms with Gasteiger partial charge in [0.15, 0.2) is 0 Å². The van der Waals surface area contributed by atoms with Crippen LogP contribution in [0.5, 0.6) is 11.8 Å². The number of nitrogens with zero attached hydrogens (tertiary/aromatic N) is 6. The number of aryl methyl sites for hydroxylation is 1. The topological polar surface area (TPSA) is 102 Å². The van der Waals surface area contributed by atoms with Crippen LogP contribution in [-0.2, 0) is 17.9 Å². The van der Waals surface area contributed by atoms with Crippen molar-refractivity contribution in [1.82, 2.24) is 24.7 Å². The van der Waals surface area contributed by atoms with Crippen LogP contribution in [0, 0.1) is 6.92 Å². The lowest BCUT2D eigenvalue weighted by Gasteiger charge is -2.40.